The molecule has 3 rings (SSSR count). The predicted molar refractivity (Wildman–Crippen MR) is 93.5 cm³/mol. The summed E-state index contributed by atoms with van der Waals surface area (Å²) in [6.07, 6.45) is -1.93. The third kappa shape index (κ3) is 3.34. The number of hydrogen-bond donors (Lipinski definition) is 2. The van der Waals surface area contributed by atoms with Gasteiger partial charge in [-0.25, -0.2) is 18.9 Å². The number of rotatable bonds is 1. The second kappa shape index (κ2) is 6.49. The van der Waals surface area contributed by atoms with Crippen molar-refractivity contribution in [2.24, 2.45) is 0 Å². The van der Waals surface area contributed by atoms with Crippen LogP contribution in [-0.4, -0.2) is 42.0 Å². The first-order valence-electron chi connectivity index (χ1n) is 8.54. The fourth-order valence-corrected chi connectivity index (χ4v) is 3.54. The summed E-state index contributed by atoms with van der Waals surface area (Å²) in [7, 11) is 0. The van der Waals surface area contributed by atoms with Crippen LogP contribution in [0.5, 0.6) is 0 Å². The van der Waals surface area contributed by atoms with Gasteiger partial charge in [-0.1, -0.05) is 0 Å². The molecule has 0 aliphatic carbocycles. The number of imide groups is 1. The Morgan fingerprint density at radius 1 is 1.30 bits per heavy atom. The van der Waals surface area contributed by atoms with Crippen molar-refractivity contribution in [3.63, 3.8) is 0 Å². The Bertz CT molecular complexity index is 811. The van der Waals surface area contributed by atoms with Crippen LogP contribution < -0.4 is 10.2 Å². The summed E-state index contributed by atoms with van der Waals surface area (Å²) in [5.74, 6) is -1.45. The number of ether oxygens (including phenoxy) is 2. The molecule has 0 aromatic heterocycles. The van der Waals surface area contributed by atoms with Crippen LogP contribution in [0.2, 0.25) is 0 Å². The Labute approximate surface area is 155 Å². The SMILES string of the molecule is CC(C)(C)OC(=O)Nc1cc(F)c2c(c1)N(C(=O)O)C(=O)C21CCOCC1. The topological polar surface area (TPSA) is 105 Å². The molecule has 1 aromatic carbocycles. The molecule has 3 amide bonds. The maximum absolute atomic E-state index is 15.0. The molecule has 0 radical (unpaired) electrons. The van der Waals surface area contributed by atoms with E-state index in [0.29, 0.717) is 4.90 Å². The summed E-state index contributed by atoms with van der Waals surface area (Å²) in [6, 6.07) is 2.34. The number of nitrogens with zero attached hydrogens (tertiary/aromatic N) is 1. The van der Waals surface area contributed by atoms with E-state index in [2.05, 4.69) is 5.32 Å². The molecular formula is C18H21FN2O6. The highest BCUT2D eigenvalue weighted by Crippen LogP contribution is 2.49. The normalized spacial score (nSPS) is 18.4. The van der Waals surface area contributed by atoms with Crippen molar-refractivity contribution in [1.29, 1.82) is 0 Å². The van der Waals surface area contributed by atoms with Gasteiger partial charge in [-0.2, -0.15) is 0 Å². The summed E-state index contributed by atoms with van der Waals surface area (Å²) >= 11 is 0. The van der Waals surface area contributed by atoms with E-state index < -0.39 is 34.9 Å². The van der Waals surface area contributed by atoms with Crippen LogP contribution in [0.15, 0.2) is 12.1 Å². The number of halogens is 1. The van der Waals surface area contributed by atoms with Gasteiger partial charge < -0.3 is 14.6 Å². The zero-order chi connectivity index (χ0) is 20.0. The lowest BCUT2D eigenvalue weighted by molar-refractivity contribution is -0.126. The lowest BCUT2D eigenvalue weighted by Crippen LogP contribution is -2.46. The molecule has 2 N–H and O–H groups in total. The number of anilines is 2. The molecule has 1 saturated heterocycles. The van der Waals surface area contributed by atoms with Gasteiger partial charge >= 0.3 is 12.2 Å². The maximum atomic E-state index is 15.0. The number of carbonyl (C=O) groups is 3. The lowest BCUT2D eigenvalue weighted by atomic mass is 9.75. The zero-order valence-electron chi connectivity index (χ0n) is 15.3. The highest BCUT2D eigenvalue weighted by molar-refractivity contribution is 6.21. The molecule has 0 saturated carbocycles. The second-order valence-corrected chi connectivity index (χ2v) is 7.60. The van der Waals surface area contributed by atoms with Crippen LogP contribution in [0, 0.1) is 5.82 Å². The largest absolute Gasteiger partial charge is 0.464 e. The third-order valence-corrected chi connectivity index (χ3v) is 4.58. The van der Waals surface area contributed by atoms with Gasteiger partial charge in [0.1, 0.15) is 11.4 Å². The number of benzene rings is 1. The van der Waals surface area contributed by atoms with Crippen molar-refractivity contribution in [2.45, 2.75) is 44.6 Å². The molecule has 0 atom stereocenters. The molecule has 146 valence electrons. The van der Waals surface area contributed by atoms with Gasteiger partial charge in [0, 0.05) is 24.5 Å². The van der Waals surface area contributed by atoms with Crippen LogP contribution >= 0.6 is 0 Å². The Hall–Kier alpha value is -2.68. The fraction of sp³-hybridized carbons (Fsp3) is 0.500. The molecule has 27 heavy (non-hydrogen) atoms. The molecule has 1 fully saturated rings. The third-order valence-electron chi connectivity index (χ3n) is 4.58. The van der Waals surface area contributed by atoms with Crippen LogP contribution in [-0.2, 0) is 19.7 Å². The molecule has 2 aliphatic heterocycles. The molecule has 0 unspecified atom stereocenters. The van der Waals surface area contributed by atoms with Gasteiger partial charge in [-0.15, -0.1) is 0 Å². The first kappa shape index (κ1) is 19.1. The summed E-state index contributed by atoms with van der Waals surface area (Å²) in [4.78, 5) is 37.0. The smallest absolute Gasteiger partial charge is 0.418 e. The predicted octanol–water partition coefficient (Wildman–Crippen LogP) is 3.25. The molecule has 1 spiro atoms. The van der Waals surface area contributed by atoms with Crippen LogP contribution in [0.25, 0.3) is 0 Å². The standard InChI is InChI=1S/C18H21FN2O6/c1-17(2,3)27-15(23)20-10-8-11(19)13-12(9-10)21(16(24)25)14(22)18(13)4-6-26-7-5-18/h8-9H,4-7H2,1-3H3,(H,20,23)(H,24,25). The quantitative estimate of drug-likeness (QED) is 0.775. The van der Waals surface area contributed by atoms with E-state index in [9.17, 15) is 23.9 Å². The van der Waals surface area contributed by atoms with Gasteiger partial charge in [0.05, 0.1) is 11.1 Å². The number of nitrogens with one attached hydrogen (secondary N) is 1. The van der Waals surface area contributed by atoms with E-state index in [1.807, 2.05) is 0 Å². The summed E-state index contributed by atoms with van der Waals surface area (Å²) in [6.45, 7) is 5.49. The van der Waals surface area contributed by atoms with Crippen LogP contribution in [0.3, 0.4) is 0 Å². The molecule has 0 bridgehead atoms. The fourth-order valence-electron chi connectivity index (χ4n) is 3.54. The molecular weight excluding hydrogens is 359 g/mol. The van der Waals surface area contributed by atoms with E-state index >= 15 is 0 Å². The van der Waals surface area contributed by atoms with Gasteiger partial charge in [-0.3, -0.25) is 10.1 Å². The van der Waals surface area contributed by atoms with Crippen molar-refractivity contribution < 1.29 is 33.4 Å². The number of amides is 3. The lowest BCUT2D eigenvalue weighted by Gasteiger charge is -2.32. The van der Waals surface area contributed by atoms with Crippen LogP contribution in [0.1, 0.15) is 39.2 Å². The number of fused-ring (bicyclic) bond motifs is 2. The van der Waals surface area contributed by atoms with Gasteiger partial charge in [0.15, 0.2) is 0 Å². The Balaban J connectivity index is 2.03. The minimum atomic E-state index is -1.50. The molecule has 9 heteroatoms. The van der Waals surface area contributed by atoms with E-state index in [-0.39, 0.29) is 43.0 Å². The Morgan fingerprint density at radius 2 is 1.93 bits per heavy atom. The Morgan fingerprint density at radius 3 is 2.48 bits per heavy atom. The van der Waals surface area contributed by atoms with Gasteiger partial charge in [-0.05, 0) is 45.7 Å². The van der Waals surface area contributed by atoms with Gasteiger partial charge in [0.2, 0.25) is 5.91 Å². The molecule has 8 nitrogen and oxygen atoms in total. The summed E-state index contributed by atoms with van der Waals surface area (Å²) in [5, 5.41) is 11.9. The first-order chi connectivity index (χ1) is 12.5. The van der Waals surface area contributed by atoms with E-state index in [1.54, 1.807) is 20.8 Å². The molecule has 2 aliphatic rings. The molecule has 1 aromatic rings. The van der Waals surface area contributed by atoms with E-state index in [0.717, 1.165) is 6.07 Å². The average Bonchev–Trinajstić information content (AvgIpc) is 2.75. The minimum Gasteiger partial charge on any atom is -0.464 e. The monoisotopic (exact) mass is 380 g/mol. The first-order valence-corrected chi connectivity index (χ1v) is 8.54. The number of carboxylic acid groups (broad SMARTS) is 1. The average molecular weight is 380 g/mol. The van der Waals surface area contributed by atoms with E-state index in [4.69, 9.17) is 9.47 Å². The van der Waals surface area contributed by atoms with Crippen molar-refractivity contribution in [2.75, 3.05) is 23.4 Å². The van der Waals surface area contributed by atoms with E-state index in [1.165, 1.54) is 6.07 Å². The van der Waals surface area contributed by atoms with Gasteiger partial charge in [0.25, 0.3) is 0 Å². The van der Waals surface area contributed by atoms with Crippen molar-refractivity contribution in [1.82, 2.24) is 0 Å². The van der Waals surface area contributed by atoms with Crippen molar-refractivity contribution >= 4 is 29.5 Å². The summed E-state index contributed by atoms with van der Waals surface area (Å²) in [5.41, 5.74) is -2.06. The Kier molecular flexibility index (Phi) is 4.59. The van der Waals surface area contributed by atoms with Crippen molar-refractivity contribution in [3.05, 3.63) is 23.5 Å². The maximum Gasteiger partial charge on any atom is 0.418 e. The summed E-state index contributed by atoms with van der Waals surface area (Å²) < 4.78 is 25.4. The highest BCUT2D eigenvalue weighted by atomic mass is 19.1. The van der Waals surface area contributed by atoms with Crippen LogP contribution in [0.4, 0.5) is 25.4 Å². The zero-order valence-corrected chi connectivity index (χ0v) is 15.3. The number of hydrogen-bond acceptors (Lipinski definition) is 5. The molecule has 2 heterocycles. The number of carbonyl (C=O) groups excluding carboxylic acids is 2. The second-order valence-electron chi connectivity index (χ2n) is 7.60. The highest BCUT2D eigenvalue weighted by Gasteiger charge is 2.55. The van der Waals surface area contributed by atoms with Crippen molar-refractivity contribution in [3.8, 4) is 0 Å². The minimum absolute atomic E-state index is 0.00339.